The highest BCUT2D eigenvalue weighted by atomic mass is 35.5. The monoisotopic (exact) mass is 331 g/mol. The average Bonchev–Trinajstić information content (AvgIpc) is 2.84. The molecule has 0 radical (unpaired) electrons. The molecule has 1 heterocycles. The Morgan fingerprint density at radius 2 is 2.05 bits per heavy atom. The molecule has 0 N–H and O–H groups in total. The fraction of sp³-hybridized carbons (Fsp3) is 0.250. The second kappa shape index (κ2) is 5.96. The predicted octanol–water partition coefficient (Wildman–Crippen LogP) is 3.98. The predicted molar refractivity (Wildman–Crippen MR) is 88.6 cm³/mol. The van der Waals surface area contributed by atoms with Gasteiger partial charge in [0, 0.05) is 18.8 Å². The van der Waals surface area contributed by atoms with Crippen molar-refractivity contribution < 1.29 is 4.39 Å². The fourth-order valence-electron chi connectivity index (χ4n) is 1.96. The smallest absolute Gasteiger partial charge is 0.152 e. The van der Waals surface area contributed by atoms with Crippen LogP contribution in [0.25, 0.3) is 11.3 Å². The summed E-state index contributed by atoms with van der Waals surface area (Å²) in [5.74, 6) is 2.38. The molecule has 0 aliphatic carbocycles. The summed E-state index contributed by atoms with van der Waals surface area (Å²) in [5.41, 5.74) is 4.46. The van der Waals surface area contributed by atoms with E-state index in [0.29, 0.717) is 11.3 Å². The minimum Gasteiger partial charge on any atom is -0.268 e. The first kappa shape index (κ1) is 16.3. The first-order chi connectivity index (χ1) is 10.2. The number of aryl methyl sites for hydroxylation is 1. The van der Waals surface area contributed by atoms with E-state index in [-0.39, 0.29) is 16.1 Å². The molecule has 0 bridgehead atoms. The molecule has 0 aliphatic heterocycles. The van der Waals surface area contributed by atoms with E-state index >= 15 is 0 Å². The lowest BCUT2D eigenvalue weighted by Gasteiger charge is -2.10. The van der Waals surface area contributed by atoms with E-state index in [1.165, 1.54) is 10.7 Å². The zero-order valence-corrected chi connectivity index (χ0v) is 14.6. The van der Waals surface area contributed by atoms with Crippen LogP contribution in [-0.4, -0.2) is 17.9 Å². The number of rotatable bonds is 1. The minimum atomic E-state index is -1.63. The average molecular weight is 332 g/mol. The first-order valence-corrected chi connectivity index (χ1v) is 10.6. The number of nitrogens with zero attached hydrogens (tertiary/aromatic N) is 3. The summed E-state index contributed by atoms with van der Waals surface area (Å²) < 4.78 is 16.0. The molecule has 0 amide bonds. The molecule has 2 rings (SSSR count). The highest BCUT2D eigenvalue weighted by Gasteiger charge is 2.20. The third-order valence-corrected chi connectivity index (χ3v) is 4.13. The van der Waals surface area contributed by atoms with Gasteiger partial charge in [0.15, 0.2) is 5.82 Å². The molecule has 0 saturated heterocycles. The van der Waals surface area contributed by atoms with Crippen molar-refractivity contribution in [3.8, 4) is 28.8 Å². The maximum atomic E-state index is 14.5. The van der Waals surface area contributed by atoms with E-state index < -0.39 is 13.9 Å². The number of aromatic nitrogens is 2. The Kier molecular flexibility index (Phi) is 4.41. The van der Waals surface area contributed by atoms with Gasteiger partial charge in [0.2, 0.25) is 0 Å². The summed E-state index contributed by atoms with van der Waals surface area (Å²) in [7, 11) is 0.0587. The molecule has 0 atom stereocenters. The van der Waals surface area contributed by atoms with Gasteiger partial charge in [0.1, 0.15) is 14.1 Å². The molecule has 1 aromatic heterocycles. The summed E-state index contributed by atoms with van der Waals surface area (Å²) in [6.45, 7) is 6.29. The topological polar surface area (TPSA) is 41.6 Å². The van der Waals surface area contributed by atoms with Crippen LogP contribution in [0.5, 0.6) is 0 Å². The van der Waals surface area contributed by atoms with Crippen LogP contribution >= 0.6 is 11.6 Å². The van der Waals surface area contributed by atoms with Gasteiger partial charge in [-0.05, 0) is 12.1 Å². The van der Waals surface area contributed by atoms with Gasteiger partial charge in [0.25, 0.3) is 0 Å². The largest absolute Gasteiger partial charge is 0.268 e. The van der Waals surface area contributed by atoms with Gasteiger partial charge in [-0.2, -0.15) is 10.4 Å². The van der Waals surface area contributed by atoms with Crippen LogP contribution in [0, 0.1) is 28.6 Å². The molecule has 0 spiro atoms. The summed E-state index contributed by atoms with van der Waals surface area (Å²) >= 11 is 6.00. The Bertz CT molecular complexity index is 832. The highest BCUT2D eigenvalue weighted by molar-refractivity contribution is 6.83. The first-order valence-electron chi connectivity index (χ1n) is 6.68. The van der Waals surface area contributed by atoms with Crippen molar-refractivity contribution in [2.45, 2.75) is 19.6 Å². The summed E-state index contributed by atoms with van der Waals surface area (Å²) in [6, 6.07) is 5.12. The zero-order valence-electron chi connectivity index (χ0n) is 12.8. The van der Waals surface area contributed by atoms with E-state index in [4.69, 9.17) is 11.6 Å². The Balaban J connectivity index is 2.79. The standard InChI is InChI=1S/C16H15ClFN3Si/c1-21-14(5-7-20-21)15-12(10-19)11(6-8-22(2,3)4)9-13(17)16(15)18/h5,7,9H,1-4H3. The van der Waals surface area contributed by atoms with E-state index in [1.807, 2.05) is 0 Å². The van der Waals surface area contributed by atoms with Crippen LogP contribution in [0.15, 0.2) is 18.3 Å². The van der Waals surface area contributed by atoms with E-state index in [0.717, 1.165) is 0 Å². The number of benzene rings is 1. The van der Waals surface area contributed by atoms with Crippen molar-refractivity contribution >= 4 is 19.7 Å². The quantitative estimate of drug-likeness (QED) is 0.586. The third kappa shape index (κ3) is 3.22. The highest BCUT2D eigenvalue weighted by Crippen LogP contribution is 2.33. The Morgan fingerprint density at radius 1 is 1.36 bits per heavy atom. The maximum Gasteiger partial charge on any atom is 0.152 e. The molecule has 6 heteroatoms. The number of nitriles is 1. The van der Waals surface area contributed by atoms with Crippen molar-refractivity contribution in [1.82, 2.24) is 9.78 Å². The number of halogens is 2. The van der Waals surface area contributed by atoms with Crippen molar-refractivity contribution in [2.24, 2.45) is 7.05 Å². The molecule has 22 heavy (non-hydrogen) atoms. The van der Waals surface area contributed by atoms with Crippen LogP contribution in [0.4, 0.5) is 4.39 Å². The second-order valence-electron chi connectivity index (χ2n) is 5.92. The van der Waals surface area contributed by atoms with Gasteiger partial charge in [-0.15, -0.1) is 5.54 Å². The van der Waals surface area contributed by atoms with Gasteiger partial charge in [-0.3, -0.25) is 4.68 Å². The van der Waals surface area contributed by atoms with Crippen LogP contribution < -0.4 is 0 Å². The molecule has 0 fully saturated rings. The Morgan fingerprint density at radius 3 is 2.55 bits per heavy atom. The molecule has 1 aromatic carbocycles. The summed E-state index contributed by atoms with van der Waals surface area (Å²) in [4.78, 5) is 0. The molecule has 3 nitrogen and oxygen atoms in total. The molecule has 0 aliphatic rings. The maximum absolute atomic E-state index is 14.5. The van der Waals surface area contributed by atoms with Crippen LogP contribution in [0.2, 0.25) is 24.7 Å². The molecule has 0 unspecified atom stereocenters. The van der Waals surface area contributed by atoms with E-state index in [1.54, 1.807) is 19.3 Å². The molecule has 0 saturated carbocycles. The lowest BCUT2D eigenvalue weighted by molar-refractivity contribution is 0.628. The number of hydrogen-bond donors (Lipinski definition) is 0. The van der Waals surface area contributed by atoms with Gasteiger partial charge in [-0.1, -0.05) is 37.2 Å². The lowest BCUT2D eigenvalue weighted by atomic mass is 9.99. The lowest BCUT2D eigenvalue weighted by Crippen LogP contribution is -2.16. The van der Waals surface area contributed by atoms with Crippen molar-refractivity contribution in [3.05, 3.63) is 40.3 Å². The van der Waals surface area contributed by atoms with E-state index in [9.17, 15) is 9.65 Å². The Hall–Kier alpha value is -2.08. The normalized spacial score (nSPS) is 10.8. The van der Waals surface area contributed by atoms with Crippen LogP contribution in [-0.2, 0) is 7.05 Å². The van der Waals surface area contributed by atoms with Gasteiger partial charge in [-0.25, -0.2) is 4.39 Å². The van der Waals surface area contributed by atoms with Gasteiger partial charge >= 0.3 is 0 Å². The van der Waals surface area contributed by atoms with Crippen molar-refractivity contribution in [2.75, 3.05) is 0 Å². The zero-order chi connectivity index (χ0) is 16.5. The summed E-state index contributed by atoms with van der Waals surface area (Å²) in [6.07, 6.45) is 1.55. The Labute approximate surface area is 135 Å². The minimum absolute atomic E-state index is 0.0462. The summed E-state index contributed by atoms with van der Waals surface area (Å²) in [5, 5.41) is 13.5. The second-order valence-corrected chi connectivity index (χ2v) is 11.1. The van der Waals surface area contributed by atoms with Gasteiger partial charge in [0.05, 0.1) is 21.8 Å². The van der Waals surface area contributed by atoms with E-state index in [2.05, 4.69) is 42.3 Å². The molecular weight excluding hydrogens is 317 g/mol. The number of hydrogen-bond acceptors (Lipinski definition) is 2. The SMILES string of the molecule is Cn1nccc1-c1c(F)c(Cl)cc(C#C[Si](C)(C)C)c1C#N. The van der Waals surface area contributed by atoms with Gasteiger partial charge < -0.3 is 0 Å². The fourth-order valence-corrected chi connectivity index (χ4v) is 2.67. The van der Waals surface area contributed by atoms with Crippen LogP contribution in [0.3, 0.4) is 0 Å². The third-order valence-electron chi connectivity index (χ3n) is 2.98. The van der Waals surface area contributed by atoms with Crippen molar-refractivity contribution in [3.63, 3.8) is 0 Å². The van der Waals surface area contributed by atoms with Crippen LogP contribution in [0.1, 0.15) is 11.1 Å². The molecule has 112 valence electrons. The molecular formula is C16H15ClFN3Si. The molecule has 2 aromatic rings. The van der Waals surface area contributed by atoms with Crippen molar-refractivity contribution in [1.29, 1.82) is 5.26 Å².